The van der Waals surface area contributed by atoms with Gasteiger partial charge >= 0.3 is 0 Å². The fourth-order valence-electron chi connectivity index (χ4n) is 3.17. The second kappa shape index (κ2) is 3.69. The van der Waals surface area contributed by atoms with Gasteiger partial charge in [-0.3, -0.25) is 4.79 Å². The second-order valence-corrected chi connectivity index (χ2v) is 6.65. The zero-order valence-electron chi connectivity index (χ0n) is 9.93. The Morgan fingerprint density at radius 2 is 2.27 bits per heavy atom. The Morgan fingerprint density at radius 1 is 1.53 bits per heavy atom. The lowest BCUT2D eigenvalue weighted by Gasteiger charge is -2.50. The highest BCUT2D eigenvalue weighted by Gasteiger charge is 2.56. The van der Waals surface area contributed by atoms with Crippen molar-refractivity contribution in [2.75, 3.05) is 11.5 Å². The SMILES string of the molecule is CCC1NC(=O)CC12CSCCC2(C)C. The smallest absolute Gasteiger partial charge is 0.220 e. The number of nitrogens with one attached hydrogen (secondary N) is 1. The van der Waals surface area contributed by atoms with Gasteiger partial charge in [-0.2, -0.15) is 11.8 Å². The van der Waals surface area contributed by atoms with E-state index in [0.717, 1.165) is 18.6 Å². The van der Waals surface area contributed by atoms with Gasteiger partial charge in [-0.05, 0) is 24.0 Å². The summed E-state index contributed by atoms with van der Waals surface area (Å²) in [5.41, 5.74) is 0.514. The van der Waals surface area contributed by atoms with Crippen molar-refractivity contribution in [3.63, 3.8) is 0 Å². The van der Waals surface area contributed by atoms with Crippen molar-refractivity contribution in [2.45, 2.75) is 46.1 Å². The number of hydrogen-bond donors (Lipinski definition) is 1. The fraction of sp³-hybridized carbons (Fsp3) is 0.917. The van der Waals surface area contributed by atoms with E-state index in [1.165, 1.54) is 12.2 Å². The van der Waals surface area contributed by atoms with E-state index in [9.17, 15) is 4.79 Å². The van der Waals surface area contributed by atoms with Crippen LogP contribution in [-0.4, -0.2) is 23.5 Å². The van der Waals surface area contributed by atoms with E-state index in [4.69, 9.17) is 0 Å². The quantitative estimate of drug-likeness (QED) is 0.745. The second-order valence-electron chi connectivity index (χ2n) is 5.55. The van der Waals surface area contributed by atoms with Crippen LogP contribution in [0.25, 0.3) is 0 Å². The van der Waals surface area contributed by atoms with Crippen molar-refractivity contribution in [1.82, 2.24) is 5.32 Å². The van der Waals surface area contributed by atoms with Gasteiger partial charge in [0.15, 0.2) is 0 Å². The zero-order valence-corrected chi connectivity index (χ0v) is 10.7. The first kappa shape index (κ1) is 11.3. The van der Waals surface area contributed by atoms with E-state index in [1.807, 2.05) is 11.8 Å². The number of thioether (sulfide) groups is 1. The van der Waals surface area contributed by atoms with Gasteiger partial charge in [0, 0.05) is 23.6 Å². The van der Waals surface area contributed by atoms with Gasteiger partial charge in [-0.25, -0.2) is 0 Å². The monoisotopic (exact) mass is 227 g/mol. The van der Waals surface area contributed by atoms with Crippen LogP contribution in [0.5, 0.6) is 0 Å². The molecule has 2 unspecified atom stereocenters. The summed E-state index contributed by atoms with van der Waals surface area (Å²) >= 11 is 2.02. The predicted molar refractivity (Wildman–Crippen MR) is 65.0 cm³/mol. The highest BCUT2D eigenvalue weighted by atomic mass is 32.2. The molecule has 86 valence electrons. The lowest BCUT2D eigenvalue weighted by Crippen LogP contribution is -2.51. The third-order valence-electron chi connectivity index (χ3n) is 4.47. The van der Waals surface area contributed by atoms with Crippen molar-refractivity contribution in [3.8, 4) is 0 Å². The topological polar surface area (TPSA) is 29.1 Å². The van der Waals surface area contributed by atoms with Crippen LogP contribution >= 0.6 is 11.8 Å². The minimum atomic E-state index is 0.210. The molecule has 0 aromatic rings. The molecule has 0 aromatic carbocycles. The molecule has 0 aromatic heterocycles. The molecule has 2 aliphatic rings. The summed E-state index contributed by atoms with van der Waals surface area (Å²) in [6.07, 6.45) is 3.05. The molecule has 1 N–H and O–H groups in total. The molecule has 2 rings (SSSR count). The molecule has 0 radical (unpaired) electrons. The summed E-state index contributed by atoms with van der Waals surface area (Å²) in [6, 6.07) is 0.396. The van der Waals surface area contributed by atoms with E-state index in [-0.39, 0.29) is 11.3 Å². The molecule has 15 heavy (non-hydrogen) atoms. The van der Waals surface area contributed by atoms with Crippen LogP contribution in [0.15, 0.2) is 0 Å². The average Bonchev–Trinajstić information content (AvgIpc) is 2.49. The van der Waals surface area contributed by atoms with Crippen molar-refractivity contribution >= 4 is 17.7 Å². The molecule has 2 saturated heterocycles. The van der Waals surface area contributed by atoms with Gasteiger partial charge in [0.2, 0.25) is 5.91 Å². The maximum Gasteiger partial charge on any atom is 0.220 e. The summed E-state index contributed by atoms with van der Waals surface area (Å²) in [4.78, 5) is 11.7. The van der Waals surface area contributed by atoms with Gasteiger partial charge in [0.1, 0.15) is 0 Å². The Labute approximate surface area is 96.6 Å². The molecule has 0 bridgehead atoms. The first-order valence-electron chi connectivity index (χ1n) is 5.89. The Kier molecular flexibility index (Phi) is 2.78. The maximum absolute atomic E-state index is 11.7. The van der Waals surface area contributed by atoms with E-state index >= 15 is 0 Å². The molecule has 2 nitrogen and oxygen atoms in total. The summed E-state index contributed by atoms with van der Waals surface area (Å²) in [5, 5.41) is 3.17. The van der Waals surface area contributed by atoms with Crippen LogP contribution in [0.1, 0.15) is 40.0 Å². The van der Waals surface area contributed by atoms with Crippen LogP contribution in [0.2, 0.25) is 0 Å². The van der Waals surface area contributed by atoms with E-state index < -0.39 is 0 Å². The molecular weight excluding hydrogens is 206 g/mol. The third-order valence-corrected chi connectivity index (χ3v) is 5.68. The lowest BCUT2D eigenvalue weighted by atomic mass is 9.60. The molecule has 1 amide bonds. The minimum Gasteiger partial charge on any atom is -0.353 e. The molecule has 2 aliphatic heterocycles. The van der Waals surface area contributed by atoms with E-state index in [2.05, 4.69) is 26.1 Å². The maximum atomic E-state index is 11.7. The molecule has 2 heterocycles. The molecule has 2 atom stereocenters. The van der Waals surface area contributed by atoms with Gasteiger partial charge in [-0.15, -0.1) is 0 Å². The highest BCUT2D eigenvalue weighted by molar-refractivity contribution is 7.99. The van der Waals surface area contributed by atoms with Crippen LogP contribution in [0.4, 0.5) is 0 Å². The van der Waals surface area contributed by atoms with Crippen LogP contribution in [0.3, 0.4) is 0 Å². The Hall–Kier alpha value is -0.180. The van der Waals surface area contributed by atoms with Gasteiger partial charge < -0.3 is 5.32 Å². The Bertz CT molecular complexity index is 277. The van der Waals surface area contributed by atoms with Gasteiger partial charge in [0.05, 0.1) is 0 Å². The Balaban J connectivity index is 2.33. The molecule has 1 spiro atoms. The van der Waals surface area contributed by atoms with Crippen LogP contribution in [0, 0.1) is 10.8 Å². The summed E-state index contributed by atoms with van der Waals surface area (Å²) in [6.45, 7) is 6.87. The molecule has 0 saturated carbocycles. The van der Waals surface area contributed by atoms with Gasteiger partial charge in [-0.1, -0.05) is 20.8 Å². The third kappa shape index (κ3) is 1.59. The summed E-state index contributed by atoms with van der Waals surface area (Å²) < 4.78 is 0. The summed E-state index contributed by atoms with van der Waals surface area (Å²) in [7, 11) is 0. The first-order chi connectivity index (χ1) is 7.02. The van der Waals surface area contributed by atoms with Crippen molar-refractivity contribution < 1.29 is 4.79 Å². The summed E-state index contributed by atoms with van der Waals surface area (Å²) in [5.74, 6) is 2.66. The number of carbonyl (C=O) groups excluding carboxylic acids is 1. The highest BCUT2D eigenvalue weighted by Crippen LogP contribution is 2.55. The largest absolute Gasteiger partial charge is 0.353 e. The molecule has 2 fully saturated rings. The fourth-order valence-corrected chi connectivity index (χ4v) is 5.03. The van der Waals surface area contributed by atoms with Crippen molar-refractivity contribution in [2.24, 2.45) is 10.8 Å². The first-order valence-corrected chi connectivity index (χ1v) is 7.04. The molecular formula is C12H21NOS. The molecule has 0 aliphatic carbocycles. The standard InChI is InChI=1S/C12H21NOS/c1-4-9-12(7-10(14)13-9)8-15-6-5-11(12,2)3/h9H,4-8H2,1-3H3,(H,13,14). The van der Waals surface area contributed by atoms with E-state index in [0.29, 0.717) is 11.5 Å². The number of hydrogen-bond acceptors (Lipinski definition) is 2. The number of rotatable bonds is 1. The van der Waals surface area contributed by atoms with Crippen LogP contribution < -0.4 is 5.32 Å². The predicted octanol–water partition coefficient (Wildman–Crippen LogP) is 2.43. The van der Waals surface area contributed by atoms with Crippen LogP contribution in [-0.2, 0) is 4.79 Å². The Morgan fingerprint density at radius 3 is 2.87 bits per heavy atom. The molecule has 3 heteroatoms. The van der Waals surface area contributed by atoms with Crippen molar-refractivity contribution in [3.05, 3.63) is 0 Å². The minimum absolute atomic E-state index is 0.210. The van der Waals surface area contributed by atoms with E-state index in [1.54, 1.807) is 0 Å². The zero-order chi connectivity index (χ0) is 11.1. The van der Waals surface area contributed by atoms with Gasteiger partial charge in [0.25, 0.3) is 0 Å². The number of carbonyl (C=O) groups is 1. The normalized spacial score (nSPS) is 39.4. The number of amides is 1. The van der Waals surface area contributed by atoms with Crippen molar-refractivity contribution in [1.29, 1.82) is 0 Å². The average molecular weight is 227 g/mol. The lowest BCUT2D eigenvalue weighted by molar-refractivity contribution is -0.120.